The molecule has 1 rings (SSSR count). The molecule has 0 bridgehead atoms. The van der Waals surface area contributed by atoms with Gasteiger partial charge in [-0.3, -0.25) is 9.69 Å². The number of nitriles is 1. The number of carbonyl (C=O) groups is 1. The monoisotopic (exact) mass is 210 g/mol. The maximum atomic E-state index is 11.6. The fraction of sp³-hybridized carbons (Fsp3) is 0.818. The van der Waals surface area contributed by atoms with Gasteiger partial charge in [0.2, 0.25) is 0 Å². The number of ether oxygens (including phenoxy) is 1. The Morgan fingerprint density at radius 2 is 2.40 bits per heavy atom. The molecular formula is C11H18N2O2. The Kier molecular flexibility index (Phi) is 4.57. The summed E-state index contributed by atoms with van der Waals surface area (Å²) in [5.74, 6) is -0.192. The van der Waals surface area contributed by atoms with E-state index in [9.17, 15) is 4.79 Å². The Morgan fingerprint density at radius 3 is 2.93 bits per heavy atom. The molecule has 1 heterocycles. The van der Waals surface area contributed by atoms with Crippen molar-refractivity contribution < 1.29 is 9.53 Å². The van der Waals surface area contributed by atoms with Gasteiger partial charge >= 0.3 is 5.97 Å². The first-order valence-electron chi connectivity index (χ1n) is 5.56. The molecule has 1 fully saturated rings. The van der Waals surface area contributed by atoms with Gasteiger partial charge in [-0.15, -0.1) is 0 Å². The average Bonchev–Trinajstić information content (AvgIpc) is 2.67. The zero-order chi connectivity index (χ0) is 11.3. The minimum atomic E-state index is -0.239. The molecular weight excluding hydrogens is 192 g/mol. The summed E-state index contributed by atoms with van der Waals surface area (Å²) in [6.45, 7) is 4.99. The second kappa shape index (κ2) is 5.72. The van der Waals surface area contributed by atoms with Gasteiger partial charge in [0.25, 0.3) is 0 Å². The van der Waals surface area contributed by atoms with Crippen molar-refractivity contribution in [1.29, 1.82) is 5.26 Å². The van der Waals surface area contributed by atoms with Crippen LogP contribution in [0.5, 0.6) is 0 Å². The second-order valence-electron chi connectivity index (χ2n) is 3.70. The highest BCUT2D eigenvalue weighted by Crippen LogP contribution is 2.21. The first-order chi connectivity index (χ1) is 7.24. The molecule has 0 N–H and O–H groups in total. The van der Waals surface area contributed by atoms with E-state index in [1.807, 2.05) is 11.8 Å². The number of esters is 1. The smallest absolute Gasteiger partial charge is 0.323 e. The molecule has 2 atom stereocenters. The summed E-state index contributed by atoms with van der Waals surface area (Å²) in [4.78, 5) is 13.6. The van der Waals surface area contributed by atoms with Crippen molar-refractivity contribution in [2.24, 2.45) is 0 Å². The van der Waals surface area contributed by atoms with Gasteiger partial charge in [-0.2, -0.15) is 5.26 Å². The van der Waals surface area contributed by atoms with Crippen LogP contribution < -0.4 is 0 Å². The van der Waals surface area contributed by atoms with Gasteiger partial charge in [0.15, 0.2) is 0 Å². The highest BCUT2D eigenvalue weighted by Gasteiger charge is 2.34. The lowest BCUT2D eigenvalue weighted by molar-refractivity contribution is -0.149. The van der Waals surface area contributed by atoms with Crippen LogP contribution in [0.25, 0.3) is 0 Å². The molecule has 84 valence electrons. The van der Waals surface area contributed by atoms with Gasteiger partial charge in [0, 0.05) is 6.54 Å². The molecule has 0 spiro atoms. The average molecular weight is 210 g/mol. The van der Waals surface area contributed by atoms with Crippen LogP contribution in [0.4, 0.5) is 0 Å². The minimum Gasteiger partial charge on any atom is -0.465 e. The molecule has 0 aliphatic carbocycles. The fourth-order valence-corrected chi connectivity index (χ4v) is 2.08. The quantitative estimate of drug-likeness (QED) is 0.657. The van der Waals surface area contributed by atoms with Gasteiger partial charge in [-0.25, -0.2) is 0 Å². The third-order valence-electron chi connectivity index (χ3n) is 2.79. The van der Waals surface area contributed by atoms with Gasteiger partial charge in [0.1, 0.15) is 6.04 Å². The topological polar surface area (TPSA) is 53.3 Å². The molecule has 15 heavy (non-hydrogen) atoms. The SMILES string of the molecule is CCOC(=O)C(CC)N1CCCC1C#N. The van der Waals surface area contributed by atoms with Crippen LogP contribution in [-0.2, 0) is 9.53 Å². The number of hydrogen-bond acceptors (Lipinski definition) is 4. The number of likely N-dealkylation sites (tertiary alicyclic amines) is 1. The van der Waals surface area contributed by atoms with Crippen LogP contribution in [0, 0.1) is 11.3 Å². The molecule has 0 saturated carbocycles. The lowest BCUT2D eigenvalue weighted by atomic mass is 10.1. The van der Waals surface area contributed by atoms with E-state index in [2.05, 4.69) is 6.07 Å². The normalized spacial score (nSPS) is 23.4. The standard InChI is InChI=1S/C11H18N2O2/c1-3-10(11(14)15-4-2)13-7-5-6-9(13)8-12/h9-10H,3-7H2,1-2H3. The van der Waals surface area contributed by atoms with Crippen LogP contribution in [-0.4, -0.2) is 36.1 Å². The van der Waals surface area contributed by atoms with E-state index in [4.69, 9.17) is 10.00 Å². The van der Waals surface area contributed by atoms with E-state index >= 15 is 0 Å². The van der Waals surface area contributed by atoms with E-state index in [1.54, 1.807) is 6.92 Å². The van der Waals surface area contributed by atoms with E-state index in [0.717, 1.165) is 19.4 Å². The number of rotatable bonds is 4. The van der Waals surface area contributed by atoms with E-state index in [1.165, 1.54) is 0 Å². The van der Waals surface area contributed by atoms with Crippen LogP contribution >= 0.6 is 0 Å². The molecule has 4 nitrogen and oxygen atoms in total. The molecule has 0 amide bonds. The van der Waals surface area contributed by atoms with Crippen molar-refractivity contribution in [1.82, 2.24) is 4.90 Å². The third-order valence-corrected chi connectivity index (χ3v) is 2.79. The van der Waals surface area contributed by atoms with Crippen molar-refractivity contribution in [2.75, 3.05) is 13.2 Å². The second-order valence-corrected chi connectivity index (χ2v) is 3.70. The zero-order valence-corrected chi connectivity index (χ0v) is 9.40. The largest absolute Gasteiger partial charge is 0.465 e. The molecule has 1 aliphatic heterocycles. The summed E-state index contributed by atoms with van der Waals surface area (Å²) in [7, 11) is 0. The molecule has 4 heteroatoms. The molecule has 0 aromatic heterocycles. The number of carbonyl (C=O) groups excluding carboxylic acids is 1. The summed E-state index contributed by atoms with van der Waals surface area (Å²) >= 11 is 0. The van der Waals surface area contributed by atoms with E-state index in [-0.39, 0.29) is 18.1 Å². The summed E-state index contributed by atoms with van der Waals surface area (Å²) in [6, 6.07) is 1.89. The minimum absolute atomic E-state index is 0.112. The van der Waals surface area contributed by atoms with Crippen LogP contribution in [0.1, 0.15) is 33.1 Å². The van der Waals surface area contributed by atoms with Crippen molar-refractivity contribution in [2.45, 2.75) is 45.2 Å². The predicted octanol–water partition coefficient (Wildman–Crippen LogP) is 1.32. The molecule has 0 aromatic rings. The van der Waals surface area contributed by atoms with Crippen molar-refractivity contribution in [3.63, 3.8) is 0 Å². The van der Waals surface area contributed by atoms with Crippen LogP contribution in [0.3, 0.4) is 0 Å². The number of nitrogens with zero attached hydrogens (tertiary/aromatic N) is 2. The van der Waals surface area contributed by atoms with E-state index < -0.39 is 0 Å². The highest BCUT2D eigenvalue weighted by molar-refractivity contribution is 5.75. The Morgan fingerprint density at radius 1 is 1.67 bits per heavy atom. The van der Waals surface area contributed by atoms with Gasteiger partial charge in [0.05, 0.1) is 18.7 Å². The molecule has 1 aliphatic rings. The Balaban J connectivity index is 2.65. The fourth-order valence-electron chi connectivity index (χ4n) is 2.08. The first kappa shape index (κ1) is 12.0. The van der Waals surface area contributed by atoms with Crippen molar-refractivity contribution in [3.8, 4) is 6.07 Å². The third kappa shape index (κ3) is 2.69. The lowest BCUT2D eigenvalue weighted by Crippen LogP contribution is -2.44. The van der Waals surface area contributed by atoms with Gasteiger partial charge < -0.3 is 4.74 Å². The van der Waals surface area contributed by atoms with Crippen molar-refractivity contribution in [3.05, 3.63) is 0 Å². The van der Waals surface area contributed by atoms with E-state index in [0.29, 0.717) is 13.0 Å². The first-order valence-corrected chi connectivity index (χ1v) is 5.56. The summed E-state index contributed by atoms with van der Waals surface area (Å²) < 4.78 is 5.01. The number of hydrogen-bond donors (Lipinski definition) is 0. The summed E-state index contributed by atoms with van der Waals surface area (Å²) in [6.07, 6.45) is 2.57. The lowest BCUT2D eigenvalue weighted by Gasteiger charge is -2.27. The maximum Gasteiger partial charge on any atom is 0.323 e. The predicted molar refractivity (Wildman–Crippen MR) is 56.1 cm³/mol. The van der Waals surface area contributed by atoms with Gasteiger partial charge in [-0.1, -0.05) is 6.92 Å². The molecule has 0 radical (unpaired) electrons. The Labute approximate surface area is 90.8 Å². The zero-order valence-electron chi connectivity index (χ0n) is 9.40. The Hall–Kier alpha value is -1.08. The Bertz CT molecular complexity index is 260. The van der Waals surface area contributed by atoms with Crippen LogP contribution in [0.2, 0.25) is 0 Å². The molecule has 2 unspecified atom stereocenters. The molecule has 0 aromatic carbocycles. The maximum absolute atomic E-state index is 11.6. The van der Waals surface area contributed by atoms with Gasteiger partial charge in [-0.05, 0) is 26.2 Å². The molecule has 1 saturated heterocycles. The summed E-state index contributed by atoms with van der Waals surface area (Å²) in [5, 5.41) is 8.95. The summed E-state index contributed by atoms with van der Waals surface area (Å²) in [5.41, 5.74) is 0. The van der Waals surface area contributed by atoms with Crippen molar-refractivity contribution >= 4 is 5.97 Å². The highest BCUT2D eigenvalue weighted by atomic mass is 16.5. The van der Waals surface area contributed by atoms with Crippen LogP contribution in [0.15, 0.2) is 0 Å².